The van der Waals surface area contributed by atoms with Crippen molar-refractivity contribution in [2.75, 3.05) is 27.3 Å². The Labute approximate surface area is 218 Å². The summed E-state index contributed by atoms with van der Waals surface area (Å²) < 4.78 is 18.0. The van der Waals surface area contributed by atoms with Gasteiger partial charge in [-0.3, -0.25) is 0 Å². The van der Waals surface area contributed by atoms with Gasteiger partial charge in [-0.1, -0.05) is 62.9 Å². The number of methoxy groups -OCH3 is 2. The fraction of sp³-hybridized carbons (Fsp3) is 0.310. The number of rotatable bonds is 7. The molecule has 0 aliphatic carbocycles. The van der Waals surface area contributed by atoms with Gasteiger partial charge in [0, 0.05) is 6.54 Å². The summed E-state index contributed by atoms with van der Waals surface area (Å²) in [5.41, 5.74) is 9.60. The lowest BCUT2D eigenvalue weighted by Gasteiger charge is -2.26. The van der Waals surface area contributed by atoms with Gasteiger partial charge in [-0.25, -0.2) is 0 Å². The van der Waals surface area contributed by atoms with E-state index in [0.717, 1.165) is 52.4 Å². The van der Waals surface area contributed by atoms with Crippen LogP contribution in [0.3, 0.4) is 0 Å². The zero-order valence-electron chi connectivity index (χ0n) is 20.0. The standard InChI is InChI=1S/C26H26BrNO3.C2H7N.CH4/c1-29-24-11-9-18(14-22(24)27)8-10-23-21-16-25(30-2)26(15-20(21)12-13-28-23)31-17-19-6-4-3-5-7-19;1-2-3;/h3-11,14-16,23,28H,12-13,17H2,1-2H3;2-3H2,1H3;1H4/b10-8+;;. The van der Waals surface area contributed by atoms with E-state index in [2.05, 4.69) is 63.7 Å². The van der Waals surface area contributed by atoms with Crippen molar-refractivity contribution in [3.8, 4) is 17.2 Å². The van der Waals surface area contributed by atoms with Crippen molar-refractivity contribution < 1.29 is 14.2 Å². The molecule has 0 amide bonds. The first-order valence-electron chi connectivity index (χ1n) is 11.4. The van der Waals surface area contributed by atoms with Crippen molar-refractivity contribution in [2.45, 2.75) is 33.4 Å². The Balaban J connectivity index is 0.00000103. The molecule has 1 aliphatic heterocycles. The van der Waals surface area contributed by atoms with E-state index in [1.165, 1.54) is 11.1 Å². The quantitative estimate of drug-likeness (QED) is 0.355. The van der Waals surface area contributed by atoms with E-state index in [4.69, 9.17) is 19.9 Å². The number of benzene rings is 3. The second-order valence-corrected chi connectivity index (χ2v) is 8.67. The van der Waals surface area contributed by atoms with Crippen molar-refractivity contribution in [2.24, 2.45) is 5.73 Å². The number of fused-ring (bicyclic) bond motifs is 1. The Kier molecular flexibility index (Phi) is 11.8. The summed E-state index contributed by atoms with van der Waals surface area (Å²) in [6.45, 7) is 4.09. The predicted molar refractivity (Wildman–Crippen MR) is 149 cm³/mol. The molecule has 188 valence electrons. The lowest BCUT2D eigenvalue weighted by molar-refractivity contribution is 0.283. The zero-order valence-corrected chi connectivity index (χ0v) is 21.6. The van der Waals surface area contributed by atoms with Crippen LogP contribution < -0.4 is 25.3 Å². The molecule has 35 heavy (non-hydrogen) atoms. The molecule has 0 fully saturated rings. The van der Waals surface area contributed by atoms with Crippen LogP contribution in [0.15, 0.2) is 71.2 Å². The summed E-state index contributed by atoms with van der Waals surface area (Å²) >= 11 is 3.55. The van der Waals surface area contributed by atoms with Crippen molar-refractivity contribution in [3.05, 3.63) is 93.5 Å². The van der Waals surface area contributed by atoms with Gasteiger partial charge in [-0.05, 0) is 75.4 Å². The number of nitrogens with one attached hydrogen (secondary N) is 1. The highest BCUT2D eigenvalue weighted by atomic mass is 79.9. The summed E-state index contributed by atoms with van der Waals surface area (Å²) in [7, 11) is 3.36. The number of hydrogen-bond donors (Lipinski definition) is 2. The summed E-state index contributed by atoms with van der Waals surface area (Å²) in [5.74, 6) is 2.36. The molecule has 0 saturated carbocycles. The monoisotopic (exact) mass is 540 g/mol. The minimum atomic E-state index is 0. The lowest BCUT2D eigenvalue weighted by atomic mass is 9.93. The Bertz CT molecular complexity index is 1090. The third-order valence-electron chi connectivity index (χ3n) is 5.41. The molecule has 1 heterocycles. The molecule has 3 aromatic carbocycles. The highest BCUT2D eigenvalue weighted by Crippen LogP contribution is 2.36. The topological polar surface area (TPSA) is 65.7 Å². The summed E-state index contributed by atoms with van der Waals surface area (Å²) in [6, 6.07) is 20.6. The second-order valence-electron chi connectivity index (χ2n) is 7.82. The van der Waals surface area contributed by atoms with Gasteiger partial charge >= 0.3 is 0 Å². The van der Waals surface area contributed by atoms with Crippen LogP contribution in [0.1, 0.15) is 42.6 Å². The van der Waals surface area contributed by atoms with Gasteiger partial charge in [-0.2, -0.15) is 0 Å². The van der Waals surface area contributed by atoms with Gasteiger partial charge in [0.2, 0.25) is 0 Å². The Morgan fingerprint density at radius 3 is 2.37 bits per heavy atom. The van der Waals surface area contributed by atoms with Crippen molar-refractivity contribution in [1.82, 2.24) is 5.32 Å². The third kappa shape index (κ3) is 7.85. The van der Waals surface area contributed by atoms with Crippen LogP contribution in [0.2, 0.25) is 0 Å². The van der Waals surface area contributed by atoms with E-state index in [0.29, 0.717) is 6.61 Å². The largest absolute Gasteiger partial charge is 0.496 e. The minimum absolute atomic E-state index is 0. The molecule has 0 radical (unpaired) electrons. The highest BCUT2D eigenvalue weighted by Gasteiger charge is 2.21. The first-order chi connectivity index (χ1) is 16.6. The van der Waals surface area contributed by atoms with Crippen molar-refractivity contribution in [1.29, 1.82) is 0 Å². The van der Waals surface area contributed by atoms with Gasteiger partial charge in [0.1, 0.15) is 12.4 Å². The smallest absolute Gasteiger partial charge is 0.161 e. The summed E-state index contributed by atoms with van der Waals surface area (Å²) in [6.07, 6.45) is 5.28. The van der Waals surface area contributed by atoms with Crippen LogP contribution >= 0.6 is 15.9 Å². The molecule has 6 heteroatoms. The normalized spacial score (nSPS) is 14.3. The first-order valence-corrected chi connectivity index (χ1v) is 12.2. The number of ether oxygens (including phenoxy) is 3. The SMILES string of the molecule is C.CCN.COc1ccc(/C=C/C2NCCc3cc(OCc4ccccc4)c(OC)cc32)cc1Br. The zero-order chi connectivity index (χ0) is 24.3. The van der Waals surface area contributed by atoms with Crippen LogP contribution in [0.4, 0.5) is 0 Å². The fourth-order valence-corrected chi connectivity index (χ4v) is 4.33. The maximum Gasteiger partial charge on any atom is 0.161 e. The van der Waals surface area contributed by atoms with E-state index in [9.17, 15) is 0 Å². The molecule has 1 atom stereocenters. The van der Waals surface area contributed by atoms with Crippen LogP contribution in [0, 0.1) is 0 Å². The molecule has 0 aromatic heterocycles. The number of hydrogen-bond acceptors (Lipinski definition) is 5. The highest BCUT2D eigenvalue weighted by molar-refractivity contribution is 9.10. The summed E-state index contributed by atoms with van der Waals surface area (Å²) in [5, 5.41) is 3.59. The second kappa shape index (κ2) is 14.6. The average Bonchev–Trinajstić information content (AvgIpc) is 2.86. The number of halogens is 1. The van der Waals surface area contributed by atoms with E-state index in [1.54, 1.807) is 14.2 Å². The van der Waals surface area contributed by atoms with Crippen LogP contribution in [-0.2, 0) is 13.0 Å². The lowest BCUT2D eigenvalue weighted by Crippen LogP contribution is -2.28. The Morgan fingerprint density at radius 2 is 1.71 bits per heavy atom. The summed E-state index contributed by atoms with van der Waals surface area (Å²) in [4.78, 5) is 0. The van der Waals surface area contributed by atoms with Gasteiger partial charge in [0.05, 0.1) is 24.7 Å². The molecular weight excluding hydrogens is 504 g/mol. The van der Waals surface area contributed by atoms with Crippen molar-refractivity contribution in [3.63, 3.8) is 0 Å². The first kappa shape index (κ1) is 28.4. The number of nitrogens with two attached hydrogens (primary N) is 1. The molecule has 1 unspecified atom stereocenters. The van der Waals surface area contributed by atoms with Crippen LogP contribution in [-0.4, -0.2) is 27.3 Å². The molecular formula is C29H37BrN2O3. The average molecular weight is 542 g/mol. The van der Waals surface area contributed by atoms with E-state index in [-0.39, 0.29) is 13.5 Å². The van der Waals surface area contributed by atoms with E-state index < -0.39 is 0 Å². The molecule has 0 bridgehead atoms. The van der Waals surface area contributed by atoms with Gasteiger partial charge in [0.15, 0.2) is 11.5 Å². The van der Waals surface area contributed by atoms with E-state index in [1.807, 2.05) is 37.3 Å². The van der Waals surface area contributed by atoms with Gasteiger partial charge in [-0.15, -0.1) is 0 Å². The fourth-order valence-electron chi connectivity index (χ4n) is 3.77. The molecule has 4 rings (SSSR count). The van der Waals surface area contributed by atoms with E-state index >= 15 is 0 Å². The molecule has 3 N–H and O–H groups in total. The minimum Gasteiger partial charge on any atom is -0.496 e. The molecule has 3 aromatic rings. The van der Waals surface area contributed by atoms with Crippen molar-refractivity contribution >= 4 is 22.0 Å². The van der Waals surface area contributed by atoms with Crippen LogP contribution in [0.5, 0.6) is 17.2 Å². The molecule has 5 nitrogen and oxygen atoms in total. The molecule has 0 saturated heterocycles. The van der Waals surface area contributed by atoms with Crippen LogP contribution in [0.25, 0.3) is 6.08 Å². The predicted octanol–water partition coefficient (Wildman–Crippen LogP) is 6.55. The maximum absolute atomic E-state index is 6.10. The van der Waals surface area contributed by atoms with Gasteiger partial charge in [0.25, 0.3) is 0 Å². The molecule has 1 aliphatic rings. The molecule has 0 spiro atoms. The van der Waals surface area contributed by atoms with Gasteiger partial charge < -0.3 is 25.3 Å². The maximum atomic E-state index is 6.10. The Morgan fingerprint density at radius 1 is 1.00 bits per heavy atom. The third-order valence-corrected chi connectivity index (χ3v) is 6.03. The Hall–Kier alpha value is -2.80.